The van der Waals surface area contributed by atoms with Crippen molar-refractivity contribution < 1.29 is 0 Å². The van der Waals surface area contributed by atoms with E-state index in [4.69, 9.17) is 0 Å². The van der Waals surface area contributed by atoms with Gasteiger partial charge in [0.05, 0.1) is 12.0 Å². The summed E-state index contributed by atoms with van der Waals surface area (Å²) in [6.45, 7) is 4.56. The van der Waals surface area contributed by atoms with Crippen molar-refractivity contribution in [3.05, 3.63) is 35.4 Å². The number of hydrogen-bond donors (Lipinski definition) is 0. The van der Waals surface area contributed by atoms with Gasteiger partial charge in [-0.05, 0) is 55.1 Å². The average Bonchev–Trinajstić information content (AvgIpc) is 2.74. The SMILES string of the molecule is CCCCCCCCc1ccc(CC(C#N)[C@H]2CC[C@H](CCCC)CC2)cc1. The molecule has 1 unspecified atom stereocenters. The molecule has 0 N–H and O–H groups in total. The van der Waals surface area contributed by atoms with Crippen molar-refractivity contribution in [2.45, 2.75) is 110 Å². The molecule has 1 saturated carbocycles. The third-order valence-electron chi connectivity index (χ3n) is 6.89. The van der Waals surface area contributed by atoms with Crippen LogP contribution < -0.4 is 0 Å². The Morgan fingerprint density at radius 1 is 0.821 bits per heavy atom. The highest BCUT2D eigenvalue weighted by Crippen LogP contribution is 2.36. The first-order valence-electron chi connectivity index (χ1n) is 12.2. The number of nitrogens with zero attached hydrogens (tertiary/aromatic N) is 1. The lowest BCUT2D eigenvalue weighted by atomic mass is 9.73. The Labute approximate surface area is 174 Å². The molecule has 0 saturated heterocycles. The van der Waals surface area contributed by atoms with Crippen LogP contribution in [0.2, 0.25) is 0 Å². The van der Waals surface area contributed by atoms with E-state index in [1.54, 1.807) is 0 Å². The molecule has 0 spiro atoms. The summed E-state index contributed by atoms with van der Waals surface area (Å²) in [6.07, 6.45) is 19.6. The van der Waals surface area contributed by atoms with E-state index in [1.165, 1.54) is 101 Å². The molecule has 156 valence electrons. The minimum absolute atomic E-state index is 0.205. The van der Waals surface area contributed by atoms with Crippen LogP contribution in [0.4, 0.5) is 0 Å². The summed E-state index contributed by atoms with van der Waals surface area (Å²) in [5.41, 5.74) is 2.82. The van der Waals surface area contributed by atoms with Gasteiger partial charge in [0.15, 0.2) is 0 Å². The number of unbranched alkanes of at least 4 members (excludes halogenated alkanes) is 6. The number of hydrogen-bond acceptors (Lipinski definition) is 1. The zero-order valence-electron chi connectivity index (χ0n) is 18.6. The van der Waals surface area contributed by atoms with Crippen LogP contribution >= 0.6 is 0 Å². The first-order valence-corrected chi connectivity index (χ1v) is 12.2. The van der Waals surface area contributed by atoms with Crippen LogP contribution in [0, 0.1) is 29.1 Å². The molecule has 0 radical (unpaired) electrons. The molecule has 1 atom stereocenters. The fourth-order valence-corrected chi connectivity index (χ4v) is 4.90. The highest BCUT2D eigenvalue weighted by atomic mass is 14.4. The van der Waals surface area contributed by atoms with Gasteiger partial charge in [0, 0.05) is 0 Å². The zero-order chi connectivity index (χ0) is 20.0. The fourth-order valence-electron chi connectivity index (χ4n) is 4.90. The van der Waals surface area contributed by atoms with E-state index >= 15 is 0 Å². The molecular formula is C27H43N. The van der Waals surface area contributed by atoms with Crippen LogP contribution in [-0.2, 0) is 12.8 Å². The molecule has 1 aliphatic carbocycles. The van der Waals surface area contributed by atoms with Gasteiger partial charge < -0.3 is 0 Å². The van der Waals surface area contributed by atoms with Crippen LogP contribution in [0.3, 0.4) is 0 Å². The largest absolute Gasteiger partial charge is 0.198 e. The lowest BCUT2D eigenvalue weighted by molar-refractivity contribution is 0.221. The van der Waals surface area contributed by atoms with E-state index in [1.807, 2.05) is 0 Å². The third kappa shape index (κ3) is 8.38. The van der Waals surface area contributed by atoms with Crippen molar-refractivity contribution in [1.29, 1.82) is 5.26 Å². The molecule has 0 bridgehead atoms. The predicted octanol–water partition coefficient (Wildman–Crippen LogP) is 8.27. The number of nitriles is 1. The monoisotopic (exact) mass is 381 g/mol. The van der Waals surface area contributed by atoms with Crippen LogP contribution in [0.15, 0.2) is 24.3 Å². The van der Waals surface area contributed by atoms with E-state index in [0.717, 1.165) is 12.3 Å². The second-order valence-corrected chi connectivity index (χ2v) is 9.20. The Balaban J connectivity index is 1.72. The Morgan fingerprint density at radius 2 is 1.43 bits per heavy atom. The van der Waals surface area contributed by atoms with Gasteiger partial charge in [-0.1, -0.05) is 102 Å². The van der Waals surface area contributed by atoms with Crippen LogP contribution in [0.1, 0.15) is 108 Å². The molecule has 1 heteroatoms. The second kappa shape index (κ2) is 13.8. The first-order chi connectivity index (χ1) is 13.8. The van der Waals surface area contributed by atoms with Crippen molar-refractivity contribution >= 4 is 0 Å². The summed E-state index contributed by atoms with van der Waals surface area (Å²) >= 11 is 0. The normalized spacial score (nSPS) is 20.6. The van der Waals surface area contributed by atoms with Gasteiger partial charge in [-0.15, -0.1) is 0 Å². The summed E-state index contributed by atoms with van der Waals surface area (Å²) in [7, 11) is 0. The van der Waals surface area contributed by atoms with E-state index in [-0.39, 0.29) is 5.92 Å². The minimum Gasteiger partial charge on any atom is -0.198 e. The quantitative estimate of drug-likeness (QED) is 0.315. The van der Waals surface area contributed by atoms with Gasteiger partial charge in [-0.25, -0.2) is 0 Å². The van der Waals surface area contributed by atoms with Gasteiger partial charge in [0.25, 0.3) is 0 Å². The molecule has 1 nitrogen and oxygen atoms in total. The van der Waals surface area contributed by atoms with Gasteiger partial charge in [-0.3, -0.25) is 0 Å². The van der Waals surface area contributed by atoms with Crippen molar-refractivity contribution in [2.75, 3.05) is 0 Å². The van der Waals surface area contributed by atoms with E-state index in [0.29, 0.717) is 5.92 Å². The molecule has 0 heterocycles. The number of aryl methyl sites for hydroxylation is 1. The van der Waals surface area contributed by atoms with Crippen LogP contribution in [0.5, 0.6) is 0 Å². The average molecular weight is 382 g/mol. The maximum atomic E-state index is 9.76. The molecule has 0 amide bonds. The molecule has 1 fully saturated rings. The second-order valence-electron chi connectivity index (χ2n) is 9.20. The molecule has 28 heavy (non-hydrogen) atoms. The lowest BCUT2D eigenvalue weighted by Gasteiger charge is -2.31. The highest BCUT2D eigenvalue weighted by molar-refractivity contribution is 5.24. The van der Waals surface area contributed by atoms with Crippen molar-refractivity contribution in [3.8, 4) is 6.07 Å². The Morgan fingerprint density at radius 3 is 2.07 bits per heavy atom. The molecule has 1 aromatic carbocycles. The Bertz CT molecular complexity index is 545. The lowest BCUT2D eigenvalue weighted by Crippen LogP contribution is -2.22. The molecule has 0 aromatic heterocycles. The molecular weight excluding hydrogens is 338 g/mol. The topological polar surface area (TPSA) is 23.8 Å². The zero-order valence-corrected chi connectivity index (χ0v) is 18.6. The van der Waals surface area contributed by atoms with Gasteiger partial charge >= 0.3 is 0 Å². The first kappa shape index (κ1) is 23.0. The summed E-state index contributed by atoms with van der Waals surface area (Å²) in [5, 5.41) is 9.76. The maximum absolute atomic E-state index is 9.76. The number of rotatable bonds is 13. The van der Waals surface area contributed by atoms with Crippen LogP contribution in [0.25, 0.3) is 0 Å². The van der Waals surface area contributed by atoms with Gasteiger partial charge in [0.1, 0.15) is 0 Å². The van der Waals surface area contributed by atoms with E-state index in [9.17, 15) is 5.26 Å². The predicted molar refractivity (Wildman–Crippen MR) is 121 cm³/mol. The fraction of sp³-hybridized carbons (Fsp3) is 0.741. The van der Waals surface area contributed by atoms with Gasteiger partial charge in [-0.2, -0.15) is 5.26 Å². The van der Waals surface area contributed by atoms with E-state index in [2.05, 4.69) is 44.2 Å². The third-order valence-corrected chi connectivity index (χ3v) is 6.89. The van der Waals surface area contributed by atoms with Gasteiger partial charge in [0.2, 0.25) is 0 Å². The maximum Gasteiger partial charge on any atom is 0.0662 e. The van der Waals surface area contributed by atoms with Crippen molar-refractivity contribution in [1.82, 2.24) is 0 Å². The molecule has 1 aromatic rings. The highest BCUT2D eigenvalue weighted by Gasteiger charge is 2.27. The number of benzene rings is 1. The van der Waals surface area contributed by atoms with Crippen molar-refractivity contribution in [2.24, 2.45) is 17.8 Å². The summed E-state index contributed by atoms with van der Waals surface area (Å²) in [4.78, 5) is 0. The Hall–Kier alpha value is -1.29. The molecule has 1 aliphatic rings. The van der Waals surface area contributed by atoms with Crippen LogP contribution in [-0.4, -0.2) is 0 Å². The van der Waals surface area contributed by atoms with Crippen molar-refractivity contribution in [3.63, 3.8) is 0 Å². The molecule has 0 aliphatic heterocycles. The van der Waals surface area contributed by atoms with E-state index < -0.39 is 0 Å². The summed E-state index contributed by atoms with van der Waals surface area (Å²) < 4.78 is 0. The smallest absolute Gasteiger partial charge is 0.0662 e. The standard InChI is InChI=1S/C27H43N/c1-3-5-7-8-9-10-12-24-13-15-25(16-14-24)21-27(22-28)26-19-17-23(18-20-26)11-6-4-2/h13-16,23,26-27H,3-12,17-21H2,1-2H3/t23-,26-,27?. The Kier molecular flexibility index (Phi) is 11.3. The molecule has 2 rings (SSSR count). The summed E-state index contributed by atoms with van der Waals surface area (Å²) in [6, 6.07) is 11.8. The summed E-state index contributed by atoms with van der Waals surface area (Å²) in [5.74, 6) is 1.75. The minimum atomic E-state index is 0.205.